The molecule has 0 fully saturated rings. The number of esters is 1. The lowest BCUT2D eigenvalue weighted by molar-refractivity contribution is -0.142. The fourth-order valence-corrected chi connectivity index (χ4v) is 3.43. The first-order valence-electron chi connectivity index (χ1n) is 8.52. The number of aromatic amines is 1. The van der Waals surface area contributed by atoms with Crippen molar-refractivity contribution in [3.63, 3.8) is 0 Å². The lowest BCUT2D eigenvalue weighted by atomic mass is 10.1. The van der Waals surface area contributed by atoms with Gasteiger partial charge in [-0.25, -0.2) is 0 Å². The first-order valence-corrected chi connectivity index (χ1v) is 9.32. The Morgan fingerprint density at radius 1 is 1.18 bits per heavy atom. The number of ether oxygens (including phenoxy) is 2. The van der Waals surface area contributed by atoms with Crippen LogP contribution in [-0.4, -0.2) is 17.6 Å². The third-order valence-corrected chi connectivity index (χ3v) is 4.72. The summed E-state index contributed by atoms with van der Waals surface area (Å²) in [4.78, 5) is 14.1. The van der Waals surface area contributed by atoms with E-state index in [1.54, 1.807) is 43.3 Å². The number of rotatable bonds is 6. The number of fused-ring (bicyclic) bond motifs is 1. The normalized spacial score (nSPS) is 11.6. The van der Waals surface area contributed by atoms with Gasteiger partial charge in [0, 0.05) is 20.9 Å². The lowest BCUT2D eigenvalue weighted by Crippen LogP contribution is -2.09. The number of para-hydroxylation sites is 1. The number of carbonyl (C=O) groups is 1. The molecular formula is C20H17BrF3NO3. The monoisotopic (exact) mass is 455 g/mol. The zero-order chi connectivity index (χ0) is 20.3. The Bertz CT molecular complexity index is 998. The Hall–Kier alpha value is -2.48. The van der Waals surface area contributed by atoms with Crippen molar-refractivity contribution in [2.24, 2.45) is 0 Å². The van der Waals surface area contributed by atoms with Gasteiger partial charge in [0.2, 0.25) is 0 Å². The number of H-pyrrole nitrogens is 1. The number of hydrogen-bond acceptors (Lipinski definition) is 3. The second-order valence-corrected chi connectivity index (χ2v) is 6.95. The maximum absolute atomic E-state index is 12.9. The standard InChI is InChI=1S/C20H17BrF3NO3/c1-2-27-19(26)9-13-5-3-4-6-17(13)28-11-12-7-15(21)14-10-18(20(22,23)24)25-16(14)8-12/h3-8,10,25H,2,9,11H2,1H3. The molecule has 28 heavy (non-hydrogen) atoms. The quantitative estimate of drug-likeness (QED) is 0.489. The van der Waals surface area contributed by atoms with Crippen molar-refractivity contribution in [2.45, 2.75) is 26.1 Å². The first kappa shape index (κ1) is 20.3. The van der Waals surface area contributed by atoms with E-state index in [1.807, 2.05) is 0 Å². The maximum Gasteiger partial charge on any atom is 0.431 e. The van der Waals surface area contributed by atoms with Gasteiger partial charge in [0.1, 0.15) is 18.1 Å². The molecule has 4 nitrogen and oxygen atoms in total. The molecule has 0 aliphatic carbocycles. The summed E-state index contributed by atoms with van der Waals surface area (Å²) < 4.78 is 50.1. The van der Waals surface area contributed by atoms with Gasteiger partial charge in [-0.3, -0.25) is 4.79 Å². The van der Waals surface area contributed by atoms with E-state index in [9.17, 15) is 18.0 Å². The second kappa shape index (κ2) is 8.26. The van der Waals surface area contributed by atoms with Crippen LogP contribution in [0, 0.1) is 0 Å². The van der Waals surface area contributed by atoms with Crippen molar-refractivity contribution >= 4 is 32.8 Å². The molecule has 0 saturated carbocycles. The highest BCUT2D eigenvalue weighted by Gasteiger charge is 2.32. The van der Waals surface area contributed by atoms with E-state index in [2.05, 4.69) is 20.9 Å². The Balaban J connectivity index is 1.80. The van der Waals surface area contributed by atoms with Crippen LogP contribution < -0.4 is 4.74 Å². The average Bonchev–Trinajstić information content (AvgIpc) is 3.06. The van der Waals surface area contributed by atoms with Crippen molar-refractivity contribution in [2.75, 3.05) is 6.61 Å². The second-order valence-electron chi connectivity index (χ2n) is 6.10. The molecular weight excluding hydrogens is 439 g/mol. The number of aromatic nitrogens is 1. The van der Waals surface area contributed by atoms with Crippen LogP contribution in [0.25, 0.3) is 10.9 Å². The molecule has 0 unspecified atom stereocenters. The van der Waals surface area contributed by atoms with Gasteiger partial charge in [-0.05, 0) is 36.8 Å². The summed E-state index contributed by atoms with van der Waals surface area (Å²) in [5.74, 6) is 0.169. The summed E-state index contributed by atoms with van der Waals surface area (Å²) in [5.41, 5.74) is 0.919. The number of alkyl halides is 3. The predicted molar refractivity (Wildman–Crippen MR) is 102 cm³/mol. The molecule has 8 heteroatoms. The predicted octanol–water partition coefficient (Wildman–Crippen LogP) is 5.63. The molecule has 0 spiro atoms. The molecule has 0 bridgehead atoms. The van der Waals surface area contributed by atoms with Crippen LogP contribution in [0.2, 0.25) is 0 Å². The van der Waals surface area contributed by atoms with Gasteiger partial charge in [0.15, 0.2) is 0 Å². The molecule has 3 rings (SSSR count). The van der Waals surface area contributed by atoms with Gasteiger partial charge in [-0.2, -0.15) is 13.2 Å². The van der Waals surface area contributed by atoms with Gasteiger partial charge in [-0.15, -0.1) is 0 Å². The molecule has 2 aromatic carbocycles. The average molecular weight is 456 g/mol. The Kier molecular flexibility index (Phi) is 5.98. The van der Waals surface area contributed by atoms with Crippen molar-refractivity contribution in [3.05, 3.63) is 63.8 Å². The molecule has 0 saturated heterocycles. The summed E-state index contributed by atoms with van der Waals surface area (Å²) in [6, 6.07) is 11.5. The van der Waals surface area contributed by atoms with Crippen LogP contribution in [-0.2, 0) is 28.7 Å². The van der Waals surface area contributed by atoms with Crippen molar-refractivity contribution in [1.82, 2.24) is 4.98 Å². The van der Waals surface area contributed by atoms with E-state index in [0.29, 0.717) is 38.9 Å². The van der Waals surface area contributed by atoms with E-state index in [1.165, 1.54) is 0 Å². The highest BCUT2D eigenvalue weighted by Crippen LogP contribution is 2.34. The van der Waals surface area contributed by atoms with E-state index < -0.39 is 11.9 Å². The van der Waals surface area contributed by atoms with Gasteiger partial charge < -0.3 is 14.5 Å². The number of halogens is 4. The van der Waals surface area contributed by atoms with Crippen molar-refractivity contribution in [1.29, 1.82) is 0 Å². The summed E-state index contributed by atoms with van der Waals surface area (Å²) in [6.45, 7) is 2.17. The molecule has 1 aromatic heterocycles. The third-order valence-electron chi connectivity index (χ3n) is 4.06. The van der Waals surface area contributed by atoms with Gasteiger partial charge in [0.05, 0.1) is 13.0 Å². The minimum Gasteiger partial charge on any atom is -0.489 e. The number of nitrogens with one attached hydrogen (secondary N) is 1. The highest BCUT2D eigenvalue weighted by atomic mass is 79.9. The molecule has 0 radical (unpaired) electrons. The first-order chi connectivity index (χ1) is 13.3. The summed E-state index contributed by atoms with van der Waals surface area (Å²) in [5, 5.41) is 0.443. The van der Waals surface area contributed by atoms with Crippen LogP contribution in [0.4, 0.5) is 13.2 Å². The van der Waals surface area contributed by atoms with Crippen molar-refractivity contribution < 1.29 is 27.4 Å². The molecule has 1 heterocycles. The topological polar surface area (TPSA) is 51.3 Å². The zero-order valence-electron chi connectivity index (χ0n) is 14.9. The van der Waals surface area contributed by atoms with E-state index in [0.717, 1.165) is 6.07 Å². The van der Waals surface area contributed by atoms with Gasteiger partial charge >= 0.3 is 12.1 Å². The minimum atomic E-state index is -4.44. The largest absolute Gasteiger partial charge is 0.489 e. The van der Waals surface area contributed by atoms with E-state index >= 15 is 0 Å². The molecule has 0 aliphatic rings. The van der Waals surface area contributed by atoms with Crippen LogP contribution >= 0.6 is 15.9 Å². The fourth-order valence-electron chi connectivity index (χ4n) is 2.80. The lowest BCUT2D eigenvalue weighted by Gasteiger charge is -2.12. The highest BCUT2D eigenvalue weighted by molar-refractivity contribution is 9.10. The molecule has 0 amide bonds. The maximum atomic E-state index is 12.9. The molecule has 0 atom stereocenters. The zero-order valence-corrected chi connectivity index (χ0v) is 16.5. The minimum absolute atomic E-state index is 0.0817. The van der Waals surface area contributed by atoms with E-state index in [-0.39, 0.29) is 19.0 Å². The Labute approximate surface area is 167 Å². The SMILES string of the molecule is CCOC(=O)Cc1ccccc1OCc1cc(Br)c2cc(C(F)(F)F)[nH]c2c1. The number of carbonyl (C=O) groups excluding carboxylic acids is 1. The summed E-state index contributed by atoms with van der Waals surface area (Å²) in [6.07, 6.45) is -4.36. The number of benzene rings is 2. The Morgan fingerprint density at radius 3 is 2.64 bits per heavy atom. The summed E-state index contributed by atoms with van der Waals surface area (Å²) in [7, 11) is 0. The molecule has 0 aliphatic heterocycles. The van der Waals surface area contributed by atoms with Crippen molar-refractivity contribution in [3.8, 4) is 5.75 Å². The molecule has 1 N–H and O–H groups in total. The molecule has 3 aromatic rings. The van der Waals surface area contributed by atoms with Crippen LogP contribution in [0.3, 0.4) is 0 Å². The molecule has 148 valence electrons. The van der Waals surface area contributed by atoms with Crippen LogP contribution in [0.5, 0.6) is 5.75 Å². The third kappa shape index (κ3) is 4.67. The van der Waals surface area contributed by atoms with Gasteiger partial charge in [-0.1, -0.05) is 34.1 Å². The smallest absolute Gasteiger partial charge is 0.431 e. The van der Waals surface area contributed by atoms with Crippen LogP contribution in [0.1, 0.15) is 23.7 Å². The van der Waals surface area contributed by atoms with Crippen LogP contribution in [0.15, 0.2) is 46.9 Å². The summed E-state index contributed by atoms with van der Waals surface area (Å²) >= 11 is 3.31. The fraction of sp³-hybridized carbons (Fsp3) is 0.250. The number of hydrogen-bond donors (Lipinski definition) is 1. The Morgan fingerprint density at radius 2 is 1.93 bits per heavy atom. The van der Waals surface area contributed by atoms with E-state index in [4.69, 9.17) is 9.47 Å². The van der Waals surface area contributed by atoms with Gasteiger partial charge in [0.25, 0.3) is 0 Å².